The molecule has 148 valence electrons. The van der Waals surface area contributed by atoms with Crippen LogP contribution in [-0.2, 0) is 4.79 Å². The molecule has 0 fully saturated rings. The fourth-order valence-electron chi connectivity index (χ4n) is 2.95. The molecule has 1 amide bonds. The molecule has 3 aromatic rings. The van der Waals surface area contributed by atoms with E-state index in [0.717, 1.165) is 21.2 Å². The predicted molar refractivity (Wildman–Crippen MR) is 115 cm³/mol. The van der Waals surface area contributed by atoms with Gasteiger partial charge < -0.3 is 20.1 Å². The van der Waals surface area contributed by atoms with E-state index in [4.69, 9.17) is 9.47 Å². The van der Waals surface area contributed by atoms with E-state index >= 15 is 0 Å². The van der Waals surface area contributed by atoms with Crippen LogP contribution < -0.4 is 20.1 Å². The number of hydrogen-bond acceptors (Lipinski definition) is 5. The second-order valence-electron chi connectivity index (χ2n) is 6.57. The normalized spacial score (nSPS) is 14.8. The molecule has 6 heteroatoms. The van der Waals surface area contributed by atoms with Gasteiger partial charge in [-0.2, -0.15) is 0 Å². The molecule has 0 radical (unpaired) electrons. The Kier molecular flexibility index (Phi) is 6.22. The Morgan fingerprint density at radius 3 is 2.52 bits per heavy atom. The summed E-state index contributed by atoms with van der Waals surface area (Å²) in [5, 5.41) is 6.14. The highest BCUT2D eigenvalue weighted by Gasteiger charge is 2.21. The third-order valence-electron chi connectivity index (χ3n) is 4.39. The van der Waals surface area contributed by atoms with Crippen LogP contribution in [0, 0.1) is 0 Å². The number of anilines is 1. The number of rotatable bonds is 7. The van der Waals surface area contributed by atoms with Crippen LogP contribution >= 0.6 is 11.8 Å². The van der Waals surface area contributed by atoms with Gasteiger partial charge >= 0.3 is 0 Å². The summed E-state index contributed by atoms with van der Waals surface area (Å²) in [6, 6.07) is 25.7. The Balaban J connectivity index is 1.27. The zero-order valence-corrected chi connectivity index (χ0v) is 16.7. The molecule has 4 rings (SSSR count). The summed E-state index contributed by atoms with van der Waals surface area (Å²) >= 11 is 1.66. The van der Waals surface area contributed by atoms with E-state index in [1.807, 2.05) is 66.7 Å². The number of fused-ring (bicyclic) bond motifs is 1. The van der Waals surface area contributed by atoms with Crippen LogP contribution in [0.15, 0.2) is 88.7 Å². The molecule has 1 unspecified atom stereocenters. The van der Waals surface area contributed by atoms with Crippen molar-refractivity contribution in [1.82, 2.24) is 5.32 Å². The first-order chi connectivity index (χ1) is 14.3. The zero-order valence-electron chi connectivity index (χ0n) is 15.8. The van der Waals surface area contributed by atoms with Crippen molar-refractivity contribution in [2.75, 3.05) is 25.0 Å². The summed E-state index contributed by atoms with van der Waals surface area (Å²) < 4.78 is 11.5. The number of carbonyl (C=O) groups is 1. The highest BCUT2D eigenvalue weighted by Crippen LogP contribution is 2.33. The van der Waals surface area contributed by atoms with Crippen molar-refractivity contribution < 1.29 is 14.3 Å². The molecule has 3 aromatic carbocycles. The van der Waals surface area contributed by atoms with Gasteiger partial charge in [0.25, 0.3) is 0 Å². The first kappa shape index (κ1) is 19.2. The average molecular weight is 407 g/mol. The third-order valence-corrected chi connectivity index (χ3v) is 5.48. The van der Waals surface area contributed by atoms with E-state index in [1.54, 1.807) is 11.8 Å². The van der Waals surface area contributed by atoms with E-state index in [9.17, 15) is 4.79 Å². The molecule has 5 nitrogen and oxygen atoms in total. The minimum atomic E-state index is -0.199. The van der Waals surface area contributed by atoms with Crippen LogP contribution in [-0.4, -0.2) is 31.7 Å². The molecule has 1 heterocycles. The van der Waals surface area contributed by atoms with Crippen molar-refractivity contribution in [3.63, 3.8) is 0 Å². The lowest BCUT2D eigenvalue weighted by atomic mass is 10.2. The first-order valence-corrected chi connectivity index (χ1v) is 10.3. The van der Waals surface area contributed by atoms with E-state index < -0.39 is 0 Å². The highest BCUT2D eigenvalue weighted by atomic mass is 32.2. The van der Waals surface area contributed by atoms with Crippen molar-refractivity contribution in [3.05, 3.63) is 78.9 Å². The summed E-state index contributed by atoms with van der Waals surface area (Å²) in [4.78, 5) is 14.5. The smallest absolute Gasteiger partial charge is 0.239 e. The summed E-state index contributed by atoms with van der Waals surface area (Å²) in [6.45, 7) is 1.01. The average Bonchev–Trinajstić information content (AvgIpc) is 2.77. The maximum Gasteiger partial charge on any atom is 0.239 e. The molecular weight excluding hydrogens is 384 g/mol. The minimum absolute atomic E-state index is 0.0908. The van der Waals surface area contributed by atoms with E-state index in [0.29, 0.717) is 18.9 Å². The van der Waals surface area contributed by atoms with E-state index in [1.165, 1.54) is 0 Å². The van der Waals surface area contributed by atoms with Crippen molar-refractivity contribution in [2.45, 2.75) is 15.9 Å². The van der Waals surface area contributed by atoms with Gasteiger partial charge in [-0.25, -0.2) is 0 Å². The maximum atomic E-state index is 12.3. The lowest BCUT2D eigenvalue weighted by molar-refractivity contribution is -0.119. The molecule has 1 atom stereocenters. The van der Waals surface area contributed by atoms with E-state index in [2.05, 4.69) is 22.8 Å². The molecule has 29 heavy (non-hydrogen) atoms. The van der Waals surface area contributed by atoms with Crippen LogP contribution in [0.5, 0.6) is 11.5 Å². The van der Waals surface area contributed by atoms with Crippen molar-refractivity contribution in [3.8, 4) is 11.5 Å². The summed E-state index contributed by atoms with van der Waals surface area (Å²) in [6.07, 6.45) is -0.199. The van der Waals surface area contributed by atoms with Crippen molar-refractivity contribution in [1.29, 1.82) is 0 Å². The monoisotopic (exact) mass is 406 g/mol. The maximum absolute atomic E-state index is 12.3. The van der Waals surface area contributed by atoms with Crippen molar-refractivity contribution in [2.24, 2.45) is 0 Å². The van der Waals surface area contributed by atoms with Crippen molar-refractivity contribution >= 4 is 23.4 Å². The van der Waals surface area contributed by atoms with Crippen LogP contribution in [0.3, 0.4) is 0 Å². The third kappa shape index (κ3) is 5.23. The lowest BCUT2D eigenvalue weighted by Crippen LogP contribution is -2.42. The van der Waals surface area contributed by atoms with Gasteiger partial charge in [-0.05, 0) is 36.4 Å². The lowest BCUT2D eigenvalue weighted by Gasteiger charge is -2.26. The Bertz CT molecular complexity index is 965. The standard InChI is InChI=1S/C23H22N2O3S/c26-23(25-14-17-16-27-20-11-5-6-12-21(20)28-17)15-24-19-10-4-7-13-22(19)29-18-8-2-1-3-9-18/h1-13,17,24H,14-16H2,(H,25,26). The summed E-state index contributed by atoms with van der Waals surface area (Å²) in [7, 11) is 0. The Morgan fingerprint density at radius 2 is 1.66 bits per heavy atom. The Labute approximate surface area is 174 Å². The number of carbonyl (C=O) groups excluding carboxylic acids is 1. The van der Waals surface area contributed by atoms with Crippen LogP contribution in [0.1, 0.15) is 0 Å². The second-order valence-corrected chi connectivity index (χ2v) is 7.68. The van der Waals surface area contributed by atoms with Gasteiger partial charge in [-0.3, -0.25) is 4.79 Å². The fraction of sp³-hybridized carbons (Fsp3) is 0.174. The molecule has 1 aliphatic rings. The van der Waals surface area contributed by atoms with Crippen LogP contribution in [0.25, 0.3) is 0 Å². The van der Waals surface area contributed by atoms with Gasteiger partial charge in [-0.15, -0.1) is 0 Å². The van der Waals surface area contributed by atoms with Crippen LogP contribution in [0.4, 0.5) is 5.69 Å². The largest absolute Gasteiger partial charge is 0.486 e. The molecule has 0 bridgehead atoms. The van der Waals surface area contributed by atoms with Crippen LogP contribution in [0.2, 0.25) is 0 Å². The number of ether oxygens (including phenoxy) is 2. The predicted octanol–water partition coefficient (Wildman–Crippen LogP) is 4.21. The van der Waals surface area contributed by atoms with Gasteiger partial charge in [-0.1, -0.05) is 54.2 Å². The van der Waals surface area contributed by atoms with Gasteiger partial charge in [0.2, 0.25) is 5.91 Å². The number of para-hydroxylation sites is 3. The number of amides is 1. The highest BCUT2D eigenvalue weighted by molar-refractivity contribution is 7.99. The molecule has 0 saturated heterocycles. The van der Waals surface area contributed by atoms with E-state index in [-0.39, 0.29) is 18.6 Å². The minimum Gasteiger partial charge on any atom is -0.486 e. The molecule has 0 saturated carbocycles. The summed E-state index contributed by atoms with van der Waals surface area (Å²) in [5.74, 6) is 1.36. The van der Waals surface area contributed by atoms with Gasteiger partial charge in [0, 0.05) is 15.5 Å². The van der Waals surface area contributed by atoms with Gasteiger partial charge in [0.05, 0.1) is 13.1 Å². The zero-order chi connectivity index (χ0) is 19.9. The number of benzene rings is 3. The molecule has 0 aliphatic carbocycles. The first-order valence-electron chi connectivity index (χ1n) is 9.49. The number of hydrogen-bond donors (Lipinski definition) is 2. The second kappa shape index (κ2) is 9.39. The van der Waals surface area contributed by atoms with Gasteiger partial charge in [0.1, 0.15) is 12.7 Å². The number of nitrogens with one attached hydrogen (secondary N) is 2. The Hall–Kier alpha value is -3.12. The topological polar surface area (TPSA) is 59.6 Å². The fourth-order valence-corrected chi connectivity index (χ4v) is 3.89. The molecule has 1 aliphatic heterocycles. The Morgan fingerprint density at radius 1 is 0.931 bits per heavy atom. The molecule has 0 aromatic heterocycles. The summed E-state index contributed by atoms with van der Waals surface area (Å²) in [5.41, 5.74) is 0.933. The van der Waals surface area contributed by atoms with Gasteiger partial charge in [0.15, 0.2) is 11.5 Å². The molecule has 2 N–H and O–H groups in total. The molecular formula is C23H22N2O3S. The molecule has 0 spiro atoms. The SMILES string of the molecule is O=C(CNc1ccccc1Sc1ccccc1)NCC1COc2ccccc2O1. The quantitative estimate of drug-likeness (QED) is 0.616.